The van der Waals surface area contributed by atoms with Gasteiger partial charge in [-0.1, -0.05) is 48.0 Å². The maximum atomic E-state index is 12.5. The summed E-state index contributed by atoms with van der Waals surface area (Å²) in [6, 6.07) is 15.4. The number of benzene rings is 2. The maximum Gasteiger partial charge on any atom is 0.229 e. The van der Waals surface area contributed by atoms with Crippen LogP contribution in [0.25, 0.3) is 0 Å². The Bertz CT molecular complexity index is 777. The number of hydrogen-bond donors (Lipinski definition) is 1. The second-order valence-corrected chi connectivity index (χ2v) is 6.86. The molecule has 2 aromatic rings. The quantitative estimate of drug-likeness (QED) is 0.888. The molecular weight excluding hydrogens is 336 g/mol. The molecule has 0 radical (unpaired) electrons. The van der Waals surface area contributed by atoms with Crippen LogP contribution in [-0.4, -0.2) is 29.8 Å². The molecule has 1 aliphatic heterocycles. The van der Waals surface area contributed by atoms with Gasteiger partial charge >= 0.3 is 0 Å². The van der Waals surface area contributed by atoms with Crippen molar-refractivity contribution < 1.29 is 9.59 Å². The fraction of sp³-hybridized carbons (Fsp3) is 0.300. The number of aryl methyl sites for hydroxylation is 1. The molecule has 2 amide bonds. The van der Waals surface area contributed by atoms with E-state index in [2.05, 4.69) is 5.32 Å². The molecule has 0 aliphatic carbocycles. The Hall–Kier alpha value is -2.33. The molecule has 25 heavy (non-hydrogen) atoms. The highest BCUT2D eigenvalue weighted by Gasteiger charge is 2.34. The van der Waals surface area contributed by atoms with Crippen molar-refractivity contribution in [1.29, 1.82) is 0 Å². The number of amides is 2. The number of anilines is 1. The minimum absolute atomic E-state index is 0.0406. The Balaban J connectivity index is 1.58. The van der Waals surface area contributed by atoms with Crippen molar-refractivity contribution in [3.05, 3.63) is 64.7 Å². The summed E-state index contributed by atoms with van der Waals surface area (Å²) < 4.78 is 0. The molecule has 1 atom stereocenters. The lowest BCUT2D eigenvalue weighted by atomic mass is 10.1. The molecule has 5 heteroatoms. The van der Waals surface area contributed by atoms with Crippen LogP contribution in [0.1, 0.15) is 17.5 Å². The van der Waals surface area contributed by atoms with E-state index < -0.39 is 0 Å². The van der Waals surface area contributed by atoms with Crippen LogP contribution in [0.15, 0.2) is 48.5 Å². The number of rotatable bonds is 5. The monoisotopic (exact) mass is 356 g/mol. The van der Waals surface area contributed by atoms with Crippen LogP contribution in [0.4, 0.5) is 5.69 Å². The summed E-state index contributed by atoms with van der Waals surface area (Å²) in [7, 11) is 0. The van der Waals surface area contributed by atoms with Crippen LogP contribution in [-0.2, 0) is 16.0 Å². The number of carbonyl (C=O) groups excluding carboxylic acids is 2. The number of nitrogens with zero attached hydrogens (tertiary/aromatic N) is 1. The van der Waals surface area contributed by atoms with Gasteiger partial charge in [0.2, 0.25) is 11.8 Å². The van der Waals surface area contributed by atoms with Crippen molar-refractivity contribution in [3.63, 3.8) is 0 Å². The van der Waals surface area contributed by atoms with E-state index in [4.69, 9.17) is 11.6 Å². The molecule has 3 rings (SSSR count). The molecule has 1 aliphatic rings. The van der Waals surface area contributed by atoms with Crippen LogP contribution < -0.4 is 5.32 Å². The first-order valence-corrected chi connectivity index (χ1v) is 8.79. The van der Waals surface area contributed by atoms with Crippen LogP contribution in [0.5, 0.6) is 0 Å². The maximum absolute atomic E-state index is 12.5. The zero-order valence-corrected chi connectivity index (χ0v) is 14.9. The zero-order chi connectivity index (χ0) is 17.8. The number of carbonyl (C=O) groups is 2. The molecule has 0 unspecified atom stereocenters. The Labute approximate surface area is 152 Å². The van der Waals surface area contributed by atoms with Gasteiger partial charge < -0.3 is 10.2 Å². The Kier molecular flexibility index (Phi) is 5.39. The van der Waals surface area contributed by atoms with Crippen LogP contribution in [0, 0.1) is 12.8 Å². The van der Waals surface area contributed by atoms with Gasteiger partial charge in [-0.3, -0.25) is 9.59 Å². The van der Waals surface area contributed by atoms with Gasteiger partial charge in [0.15, 0.2) is 0 Å². The smallest absolute Gasteiger partial charge is 0.229 e. The molecular formula is C20H21ClN2O2. The molecule has 1 saturated heterocycles. The first-order valence-electron chi connectivity index (χ1n) is 8.41. The number of likely N-dealkylation sites (tertiary alicyclic amines) is 1. The van der Waals surface area contributed by atoms with E-state index in [0.29, 0.717) is 23.8 Å². The van der Waals surface area contributed by atoms with Gasteiger partial charge in [-0.15, -0.1) is 0 Å². The minimum atomic E-state index is -0.318. The normalized spacial score (nSPS) is 17.0. The highest BCUT2D eigenvalue weighted by molar-refractivity contribution is 6.31. The van der Waals surface area contributed by atoms with Crippen molar-refractivity contribution in [3.8, 4) is 0 Å². The highest BCUT2D eigenvalue weighted by atomic mass is 35.5. The van der Waals surface area contributed by atoms with Gasteiger partial charge in [0.1, 0.15) is 0 Å². The SMILES string of the molecule is Cc1ccc(Cl)cc1NC(=O)[C@H]1CC(=O)N(CCc2ccccc2)C1. The molecule has 0 saturated carbocycles. The van der Waals surface area contributed by atoms with Gasteiger partial charge in [0.05, 0.1) is 5.92 Å². The van der Waals surface area contributed by atoms with Gasteiger partial charge in [-0.05, 0) is 36.6 Å². The third-order valence-corrected chi connectivity index (χ3v) is 4.79. The molecule has 0 aromatic heterocycles. The van der Waals surface area contributed by atoms with E-state index in [-0.39, 0.29) is 24.2 Å². The summed E-state index contributed by atoms with van der Waals surface area (Å²) in [4.78, 5) is 26.5. The molecule has 1 fully saturated rings. The van der Waals surface area contributed by atoms with E-state index in [9.17, 15) is 9.59 Å². The fourth-order valence-corrected chi connectivity index (χ4v) is 3.21. The summed E-state index contributed by atoms with van der Waals surface area (Å²) in [5, 5.41) is 3.48. The molecule has 4 nitrogen and oxygen atoms in total. The molecule has 0 bridgehead atoms. The average molecular weight is 357 g/mol. The Morgan fingerprint density at radius 2 is 2.00 bits per heavy atom. The van der Waals surface area contributed by atoms with Crippen molar-refractivity contribution >= 4 is 29.1 Å². The first-order chi connectivity index (χ1) is 12.0. The van der Waals surface area contributed by atoms with E-state index >= 15 is 0 Å². The molecule has 0 spiro atoms. The van der Waals surface area contributed by atoms with Gasteiger partial charge in [0.25, 0.3) is 0 Å². The van der Waals surface area contributed by atoms with Crippen molar-refractivity contribution in [2.75, 3.05) is 18.4 Å². The predicted molar refractivity (Wildman–Crippen MR) is 99.7 cm³/mol. The number of halogens is 1. The van der Waals surface area contributed by atoms with Crippen molar-refractivity contribution in [1.82, 2.24) is 4.90 Å². The lowest BCUT2D eigenvalue weighted by molar-refractivity contribution is -0.128. The molecule has 1 N–H and O–H groups in total. The summed E-state index contributed by atoms with van der Waals surface area (Å²) in [5.74, 6) is -0.401. The zero-order valence-electron chi connectivity index (χ0n) is 14.2. The Morgan fingerprint density at radius 3 is 2.76 bits per heavy atom. The van der Waals surface area contributed by atoms with Crippen molar-refractivity contribution in [2.24, 2.45) is 5.92 Å². The second-order valence-electron chi connectivity index (χ2n) is 6.42. The lowest BCUT2D eigenvalue weighted by Gasteiger charge is -2.17. The summed E-state index contributed by atoms with van der Waals surface area (Å²) in [5.41, 5.74) is 2.84. The van der Waals surface area contributed by atoms with E-state index in [0.717, 1.165) is 12.0 Å². The number of hydrogen-bond acceptors (Lipinski definition) is 2. The lowest BCUT2D eigenvalue weighted by Crippen LogP contribution is -2.30. The minimum Gasteiger partial charge on any atom is -0.342 e. The van der Waals surface area contributed by atoms with Crippen LogP contribution >= 0.6 is 11.6 Å². The van der Waals surface area contributed by atoms with E-state index in [1.807, 2.05) is 43.3 Å². The largest absolute Gasteiger partial charge is 0.342 e. The summed E-state index contributed by atoms with van der Waals surface area (Å²) >= 11 is 5.99. The molecule has 2 aromatic carbocycles. The predicted octanol–water partition coefficient (Wildman–Crippen LogP) is 3.68. The van der Waals surface area contributed by atoms with Gasteiger partial charge in [0, 0.05) is 30.2 Å². The van der Waals surface area contributed by atoms with Crippen molar-refractivity contribution in [2.45, 2.75) is 19.8 Å². The second kappa shape index (κ2) is 7.70. The van der Waals surface area contributed by atoms with Crippen LogP contribution in [0.3, 0.4) is 0 Å². The topological polar surface area (TPSA) is 49.4 Å². The van der Waals surface area contributed by atoms with Crippen LogP contribution in [0.2, 0.25) is 5.02 Å². The molecule has 1 heterocycles. The summed E-state index contributed by atoms with van der Waals surface area (Å²) in [6.45, 7) is 3.03. The third-order valence-electron chi connectivity index (χ3n) is 4.56. The van der Waals surface area contributed by atoms with E-state index in [1.165, 1.54) is 5.56 Å². The third kappa shape index (κ3) is 4.40. The van der Waals surface area contributed by atoms with E-state index in [1.54, 1.807) is 17.0 Å². The standard InChI is InChI=1S/C20H21ClN2O2/c1-14-7-8-17(21)12-18(14)22-20(25)16-11-19(24)23(13-16)10-9-15-5-3-2-4-6-15/h2-8,12,16H,9-11,13H2,1H3,(H,22,25)/t16-/m0/s1. The Morgan fingerprint density at radius 1 is 1.24 bits per heavy atom. The highest BCUT2D eigenvalue weighted by Crippen LogP contribution is 2.24. The average Bonchev–Trinajstić information content (AvgIpc) is 2.98. The summed E-state index contributed by atoms with van der Waals surface area (Å²) in [6.07, 6.45) is 1.06. The fourth-order valence-electron chi connectivity index (χ4n) is 3.04. The first kappa shape index (κ1) is 17.5. The van der Waals surface area contributed by atoms with Gasteiger partial charge in [-0.2, -0.15) is 0 Å². The molecule has 130 valence electrons. The van der Waals surface area contributed by atoms with Gasteiger partial charge in [-0.25, -0.2) is 0 Å². The number of nitrogens with one attached hydrogen (secondary N) is 1.